The Morgan fingerprint density at radius 3 is 2.45 bits per heavy atom. The first-order valence-corrected chi connectivity index (χ1v) is 9.49. The minimum absolute atomic E-state index is 0.259. The fraction of sp³-hybridized carbons (Fsp3) is 0.167. The Labute approximate surface area is 171 Å². The molecule has 5 heteroatoms. The van der Waals surface area contributed by atoms with Gasteiger partial charge in [-0.1, -0.05) is 48.0 Å². The number of nitrogens with one attached hydrogen (secondary N) is 1. The Balaban J connectivity index is 1.65. The first-order valence-electron chi connectivity index (χ1n) is 9.49. The van der Waals surface area contributed by atoms with Crippen molar-refractivity contribution in [3.63, 3.8) is 0 Å². The fourth-order valence-corrected chi connectivity index (χ4v) is 2.66. The average Bonchev–Trinajstić information content (AvgIpc) is 2.75. The first kappa shape index (κ1) is 20.1. The Kier molecular flexibility index (Phi) is 7.00. The number of carbonyl (C=O) groups excluding carboxylic acids is 1. The molecule has 1 amide bonds. The van der Waals surface area contributed by atoms with Gasteiger partial charge in [0, 0.05) is 5.56 Å². The van der Waals surface area contributed by atoms with Gasteiger partial charge in [-0.3, -0.25) is 4.79 Å². The standard InChI is InChI=1S/C24H24N2O3/c1-3-28-23-15-20(16-25-26-24(27)21-7-5-4-6-8-21)13-14-22(23)29-17-19-11-9-18(2)10-12-19/h4-16H,3,17H2,1-2H3,(H,26,27)/b25-16-. The van der Waals surface area contributed by atoms with E-state index in [1.165, 1.54) is 5.56 Å². The first-order chi connectivity index (χ1) is 14.2. The lowest BCUT2D eigenvalue weighted by Gasteiger charge is -2.12. The Morgan fingerprint density at radius 2 is 1.72 bits per heavy atom. The lowest BCUT2D eigenvalue weighted by atomic mass is 10.2. The SMILES string of the molecule is CCOc1cc(/C=N\NC(=O)c2ccccc2)ccc1OCc1ccc(C)cc1. The van der Waals surface area contributed by atoms with Gasteiger partial charge in [0.1, 0.15) is 6.61 Å². The Bertz CT molecular complexity index is 967. The summed E-state index contributed by atoms with van der Waals surface area (Å²) < 4.78 is 11.6. The van der Waals surface area contributed by atoms with Crippen LogP contribution < -0.4 is 14.9 Å². The van der Waals surface area contributed by atoms with Crippen LogP contribution >= 0.6 is 0 Å². The molecule has 148 valence electrons. The topological polar surface area (TPSA) is 59.9 Å². The van der Waals surface area contributed by atoms with Gasteiger partial charge in [0.25, 0.3) is 5.91 Å². The van der Waals surface area contributed by atoms with E-state index in [0.717, 1.165) is 11.1 Å². The number of benzene rings is 3. The van der Waals surface area contributed by atoms with Crippen LogP contribution in [0.15, 0.2) is 77.9 Å². The van der Waals surface area contributed by atoms with Crippen LogP contribution in [0.25, 0.3) is 0 Å². The normalized spacial score (nSPS) is 10.7. The van der Waals surface area contributed by atoms with E-state index in [-0.39, 0.29) is 5.91 Å². The molecule has 0 aliphatic rings. The smallest absolute Gasteiger partial charge is 0.271 e. The summed E-state index contributed by atoms with van der Waals surface area (Å²) >= 11 is 0. The summed E-state index contributed by atoms with van der Waals surface area (Å²) in [5.41, 5.74) is 6.18. The molecular formula is C24H24N2O3. The Hall–Kier alpha value is -3.60. The van der Waals surface area contributed by atoms with E-state index >= 15 is 0 Å². The number of aryl methyl sites for hydroxylation is 1. The summed E-state index contributed by atoms with van der Waals surface area (Å²) in [6, 6.07) is 22.7. The van der Waals surface area contributed by atoms with Gasteiger partial charge < -0.3 is 9.47 Å². The molecule has 5 nitrogen and oxygen atoms in total. The highest BCUT2D eigenvalue weighted by atomic mass is 16.5. The van der Waals surface area contributed by atoms with Crippen LogP contribution in [0.1, 0.15) is 34.0 Å². The minimum Gasteiger partial charge on any atom is -0.490 e. The largest absolute Gasteiger partial charge is 0.490 e. The van der Waals surface area contributed by atoms with Gasteiger partial charge >= 0.3 is 0 Å². The number of nitrogens with zero attached hydrogens (tertiary/aromatic N) is 1. The molecule has 1 N–H and O–H groups in total. The zero-order valence-corrected chi connectivity index (χ0v) is 16.6. The molecule has 3 aromatic rings. The van der Waals surface area contributed by atoms with Crippen LogP contribution in [0.5, 0.6) is 11.5 Å². The van der Waals surface area contributed by atoms with Crippen molar-refractivity contribution in [1.29, 1.82) is 0 Å². The highest BCUT2D eigenvalue weighted by molar-refractivity contribution is 5.94. The second-order valence-electron chi connectivity index (χ2n) is 6.48. The van der Waals surface area contributed by atoms with Crippen LogP contribution in [0.2, 0.25) is 0 Å². The van der Waals surface area contributed by atoms with Crippen molar-refractivity contribution in [2.24, 2.45) is 5.10 Å². The van der Waals surface area contributed by atoms with Crippen molar-refractivity contribution in [1.82, 2.24) is 5.43 Å². The fourth-order valence-electron chi connectivity index (χ4n) is 2.66. The van der Waals surface area contributed by atoms with Gasteiger partial charge in [-0.25, -0.2) is 5.43 Å². The molecule has 0 bridgehead atoms. The summed E-state index contributed by atoms with van der Waals surface area (Å²) in [5.74, 6) is 1.04. The van der Waals surface area contributed by atoms with E-state index in [1.54, 1.807) is 18.3 Å². The third-order valence-electron chi connectivity index (χ3n) is 4.20. The van der Waals surface area contributed by atoms with Gasteiger partial charge in [-0.15, -0.1) is 0 Å². The molecule has 0 atom stereocenters. The van der Waals surface area contributed by atoms with E-state index in [2.05, 4.69) is 29.6 Å². The van der Waals surface area contributed by atoms with Crippen molar-refractivity contribution in [2.45, 2.75) is 20.5 Å². The van der Waals surface area contributed by atoms with Gasteiger partial charge in [0.2, 0.25) is 0 Å². The van der Waals surface area contributed by atoms with E-state index in [0.29, 0.717) is 30.3 Å². The predicted octanol–water partition coefficient (Wildman–Crippen LogP) is 4.74. The maximum Gasteiger partial charge on any atom is 0.271 e. The molecule has 0 saturated carbocycles. The molecule has 0 spiro atoms. The van der Waals surface area contributed by atoms with Gasteiger partial charge in [-0.05, 0) is 55.3 Å². The molecule has 0 saturated heterocycles. The highest BCUT2D eigenvalue weighted by Crippen LogP contribution is 2.29. The lowest BCUT2D eigenvalue weighted by Crippen LogP contribution is -2.17. The second kappa shape index (κ2) is 10.1. The quantitative estimate of drug-likeness (QED) is 0.448. The van der Waals surface area contributed by atoms with Crippen molar-refractivity contribution < 1.29 is 14.3 Å². The number of hydrogen-bond acceptors (Lipinski definition) is 4. The van der Waals surface area contributed by atoms with Crippen molar-refractivity contribution in [3.05, 3.63) is 95.1 Å². The number of rotatable bonds is 8. The highest BCUT2D eigenvalue weighted by Gasteiger charge is 2.07. The number of hydrazone groups is 1. The van der Waals surface area contributed by atoms with Crippen LogP contribution in [0.4, 0.5) is 0 Å². The third kappa shape index (κ3) is 5.94. The minimum atomic E-state index is -0.259. The summed E-state index contributed by atoms with van der Waals surface area (Å²) in [6.45, 7) is 4.96. The molecule has 0 aromatic heterocycles. The maximum atomic E-state index is 12.0. The molecule has 0 fully saturated rings. The summed E-state index contributed by atoms with van der Waals surface area (Å²) in [4.78, 5) is 12.0. The molecule has 29 heavy (non-hydrogen) atoms. The number of hydrogen-bond donors (Lipinski definition) is 1. The summed E-state index contributed by atoms with van der Waals surface area (Å²) in [6.07, 6.45) is 1.58. The summed E-state index contributed by atoms with van der Waals surface area (Å²) in [7, 11) is 0. The van der Waals surface area contributed by atoms with Crippen LogP contribution in [0, 0.1) is 6.92 Å². The number of amides is 1. The third-order valence-corrected chi connectivity index (χ3v) is 4.20. The number of ether oxygens (including phenoxy) is 2. The van der Waals surface area contributed by atoms with Gasteiger partial charge in [-0.2, -0.15) is 5.10 Å². The van der Waals surface area contributed by atoms with E-state index in [1.807, 2.05) is 55.5 Å². The Morgan fingerprint density at radius 1 is 0.966 bits per heavy atom. The van der Waals surface area contributed by atoms with Crippen LogP contribution in [-0.4, -0.2) is 18.7 Å². The lowest BCUT2D eigenvalue weighted by molar-refractivity contribution is 0.0955. The predicted molar refractivity (Wildman–Crippen MR) is 115 cm³/mol. The molecular weight excluding hydrogens is 364 g/mol. The molecule has 0 radical (unpaired) electrons. The van der Waals surface area contributed by atoms with Gasteiger partial charge in [0.05, 0.1) is 12.8 Å². The molecule has 3 rings (SSSR count). The van der Waals surface area contributed by atoms with Crippen molar-refractivity contribution >= 4 is 12.1 Å². The van der Waals surface area contributed by atoms with Crippen molar-refractivity contribution in [3.8, 4) is 11.5 Å². The van der Waals surface area contributed by atoms with Crippen molar-refractivity contribution in [2.75, 3.05) is 6.61 Å². The zero-order valence-electron chi connectivity index (χ0n) is 16.6. The average molecular weight is 388 g/mol. The van der Waals surface area contributed by atoms with E-state index in [4.69, 9.17) is 9.47 Å². The monoisotopic (exact) mass is 388 g/mol. The van der Waals surface area contributed by atoms with Gasteiger partial charge in [0.15, 0.2) is 11.5 Å². The van der Waals surface area contributed by atoms with E-state index in [9.17, 15) is 4.79 Å². The van der Waals surface area contributed by atoms with Crippen LogP contribution in [0.3, 0.4) is 0 Å². The summed E-state index contributed by atoms with van der Waals surface area (Å²) in [5, 5.41) is 4.03. The molecule has 0 unspecified atom stereocenters. The van der Waals surface area contributed by atoms with E-state index < -0.39 is 0 Å². The maximum absolute atomic E-state index is 12.0. The molecule has 3 aromatic carbocycles. The number of carbonyl (C=O) groups is 1. The molecule has 0 heterocycles. The molecule has 0 aliphatic carbocycles. The zero-order chi connectivity index (χ0) is 20.5. The van der Waals surface area contributed by atoms with Crippen LogP contribution in [-0.2, 0) is 6.61 Å². The molecule has 0 aliphatic heterocycles. The second-order valence-corrected chi connectivity index (χ2v) is 6.48.